The quantitative estimate of drug-likeness (QED) is 0.747. The summed E-state index contributed by atoms with van der Waals surface area (Å²) in [7, 11) is 0. The van der Waals surface area contributed by atoms with Crippen molar-refractivity contribution in [2.45, 2.75) is 25.4 Å². The number of imidazole rings is 1. The van der Waals surface area contributed by atoms with Crippen LogP contribution in [0.3, 0.4) is 0 Å². The summed E-state index contributed by atoms with van der Waals surface area (Å²) in [6.45, 7) is 0.462. The highest BCUT2D eigenvalue weighted by Crippen LogP contribution is 2.35. The minimum Gasteiger partial charge on any atom is -0.330 e. The zero-order valence-electron chi connectivity index (χ0n) is 11.2. The van der Waals surface area contributed by atoms with E-state index in [4.69, 9.17) is 11.6 Å². The molecule has 0 saturated heterocycles. The van der Waals surface area contributed by atoms with Gasteiger partial charge in [-0.2, -0.15) is 0 Å². The van der Waals surface area contributed by atoms with Gasteiger partial charge >= 0.3 is 0 Å². The predicted octanol–water partition coefficient (Wildman–Crippen LogP) is 2.63. The first-order chi connectivity index (χ1) is 10.2. The van der Waals surface area contributed by atoms with Gasteiger partial charge in [-0.25, -0.2) is 9.97 Å². The molecule has 4 rings (SSSR count). The van der Waals surface area contributed by atoms with Gasteiger partial charge in [-0.3, -0.25) is 9.36 Å². The van der Waals surface area contributed by atoms with Gasteiger partial charge in [-0.05, 0) is 25.0 Å². The predicted molar refractivity (Wildman–Crippen MR) is 80.6 cm³/mol. The molecule has 1 saturated carbocycles. The van der Waals surface area contributed by atoms with E-state index < -0.39 is 0 Å². The number of hydrogen-bond donors (Lipinski definition) is 0. The lowest BCUT2D eigenvalue weighted by Crippen LogP contribution is -2.22. The van der Waals surface area contributed by atoms with E-state index in [1.165, 1.54) is 12.8 Å². The summed E-state index contributed by atoms with van der Waals surface area (Å²) in [6.07, 6.45) is 7.58. The molecule has 1 aliphatic carbocycles. The fourth-order valence-corrected chi connectivity index (χ4v) is 2.83. The van der Waals surface area contributed by atoms with E-state index in [-0.39, 0.29) is 5.56 Å². The number of rotatable bonds is 3. The Bertz CT molecular complexity index is 879. The molecule has 0 atom stereocenters. The summed E-state index contributed by atoms with van der Waals surface area (Å²) in [4.78, 5) is 21.1. The molecule has 1 aliphatic rings. The Morgan fingerprint density at radius 1 is 1.29 bits per heavy atom. The third-order valence-corrected chi connectivity index (χ3v) is 4.14. The van der Waals surface area contributed by atoms with Gasteiger partial charge in [-0.1, -0.05) is 17.7 Å². The van der Waals surface area contributed by atoms with Crippen LogP contribution in [-0.4, -0.2) is 19.1 Å². The van der Waals surface area contributed by atoms with Crippen LogP contribution in [0.25, 0.3) is 10.9 Å². The molecule has 0 unspecified atom stereocenters. The molecule has 2 aromatic heterocycles. The van der Waals surface area contributed by atoms with Crippen molar-refractivity contribution >= 4 is 22.5 Å². The Labute approximate surface area is 125 Å². The average Bonchev–Trinajstić information content (AvgIpc) is 3.22. The van der Waals surface area contributed by atoms with E-state index >= 15 is 0 Å². The fraction of sp³-hybridized carbons (Fsp3) is 0.267. The highest BCUT2D eigenvalue weighted by Gasteiger charge is 2.25. The van der Waals surface area contributed by atoms with Crippen molar-refractivity contribution < 1.29 is 0 Å². The Balaban J connectivity index is 1.80. The normalized spacial score (nSPS) is 14.7. The molecule has 0 bridgehead atoms. The van der Waals surface area contributed by atoms with E-state index in [0.717, 1.165) is 5.69 Å². The molecule has 5 nitrogen and oxygen atoms in total. The lowest BCUT2D eigenvalue weighted by Gasteiger charge is -2.09. The Hall–Kier alpha value is -2.14. The molecule has 1 aromatic carbocycles. The topological polar surface area (TPSA) is 52.7 Å². The second-order valence-electron chi connectivity index (χ2n) is 5.34. The molecule has 0 radical (unpaired) electrons. The second-order valence-corrected chi connectivity index (χ2v) is 5.74. The van der Waals surface area contributed by atoms with E-state index in [2.05, 4.69) is 14.5 Å². The van der Waals surface area contributed by atoms with Crippen LogP contribution >= 0.6 is 11.6 Å². The maximum absolute atomic E-state index is 12.6. The van der Waals surface area contributed by atoms with Gasteiger partial charge in [0.15, 0.2) is 0 Å². The van der Waals surface area contributed by atoms with Gasteiger partial charge in [0.1, 0.15) is 0 Å². The standard InChI is InChI=1S/C15H13ClN4O/c16-12-2-1-3-13-14(12)15(21)19(9-18-13)7-11-6-17-8-20(11)10-4-5-10/h1-3,6,8-10H,4-5,7H2. The zero-order valence-corrected chi connectivity index (χ0v) is 12.0. The van der Waals surface area contributed by atoms with Crippen LogP contribution in [0.5, 0.6) is 0 Å². The van der Waals surface area contributed by atoms with Crippen molar-refractivity contribution in [1.82, 2.24) is 19.1 Å². The minimum atomic E-state index is -0.117. The van der Waals surface area contributed by atoms with Crippen LogP contribution in [0, 0.1) is 0 Å². The van der Waals surface area contributed by atoms with Crippen molar-refractivity contribution in [3.8, 4) is 0 Å². The van der Waals surface area contributed by atoms with Gasteiger partial charge in [0.2, 0.25) is 0 Å². The van der Waals surface area contributed by atoms with Crippen LogP contribution in [0.1, 0.15) is 24.6 Å². The fourth-order valence-electron chi connectivity index (χ4n) is 2.58. The maximum Gasteiger partial charge on any atom is 0.263 e. The first-order valence-corrected chi connectivity index (χ1v) is 7.26. The third kappa shape index (κ3) is 2.14. The van der Waals surface area contributed by atoms with Crippen LogP contribution in [0.4, 0.5) is 0 Å². The van der Waals surface area contributed by atoms with Crippen molar-refractivity contribution in [3.63, 3.8) is 0 Å². The van der Waals surface area contributed by atoms with Gasteiger partial charge in [0.25, 0.3) is 5.56 Å². The number of hydrogen-bond acceptors (Lipinski definition) is 3. The molecule has 6 heteroatoms. The van der Waals surface area contributed by atoms with Gasteiger partial charge in [0, 0.05) is 12.2 Å². The highest BCUT2D eigenvalue weighted by atomic mass is 35.5. The van der Waals surface area contributed by atoms with E-state index in [0.29, 0.717) is 28.5 Å². The van der Waals surface area contributed by atoms with E-state index in [1.54, 1.807) is 29.1 Å². The van der Waals surface area contributed by atoms with Crippen molar-refractivity contribution in [3.05, 3.63) is 58.1 Å². The maximum atomic E-state index is 12.6. The van der Waals surface area contributed by atoms with Crippen LogP contribution in [-0.2, 0) is 6.54 Å². The Morgan fingerprint density at radius 2 is 2.14 bits per heavy atom. The molecule has 1 fully saturated rings. The molecule has 0 N–H and O–H groups in total. The molecule has 3 aromatic rings. The van der Waals surface area contributed by atoms with Crippen LogP contribution < -0.4 is 5.56 Å². The molecular formula is C15H13ClN4O. The third-order valence-electron chi connectivity index (χ3n) is 3.82. The zero-order chi connectivity index (χ0) is 14.4. The second kappa shape index (κ2) is 4.70. The summed E-state index contributed by atoms with van der Waals surface area (Å²) in [5.41, 5.74) is 1.53. The monoisotopic (exact) mass is 300 g/mol. The largest absolute Gasteiger partial charge is 0.330 e. The number of benzene rings is 1. The SMILES string of the molecule is O=c1c2c(Cl)cccc2ncn1Cc1cncn1C1CC1. The smallest absolute Gasteiger partial charge is 0.263 e. The minimum absolute atomic E-state index is 0.117. The summed E-state index contributed by atoms with van der Waals surface area (Å²) < 4.78 is 3.73. The van der Waals surface area contributed by atoms with Crippen LogP contribution in [0.15, 0.2) is 41.8 Å². The average molecular weight is 301 g/mol. The summed E-state index contributed by atoms with van der Waals surface area (Å²) in [5.74, 6) is 0. The molecule has 2 heterocycles. The van der Waals surface area contributed by atoms with Crippen LogP contribution in [0.2, 0.25) is 5.02 Å². The van der Waals surface area contributed by atoms with Crippen molar-refractivity contribution in [2.24, 2.45) is 0 Å². The highest BCUT2D eigenvalue weighted by molar-refractivity contribution is 6.35. The van der Waals surface area contributed by atoms with Gasteiger partial charge < -0.3 is 4.57 Å². The number of aromatic nitrogens is 4. The van der Waals surface area contributed by atoms with Gasteiger partial charge in [-0.15, -0.1) is 0 Å². The Kier molecular flexibility index (Phi) is 2.82. The van der Waals surface area contributed by atoms with Crippen molar-refractivity contribution in [2.75, 3.05) is 0 Å². The number of nitrogens with zero attached hydrogens (tertiary/aromatic N) is 4. The molecule has 0 amide bonds. The Morgan fingerprint density at radius 3 is 2.95 bits per heavy atom. The van der Waals surface area contributed by atoms with E-state index in [9.17, 15) is 4.79 Å². The first kappa shape index (κ1) is 12.6. The number of fused-ring (bicyclic) bond motifs is 1. The molecule has 106 valence electrons. The van der Waals surface area contributed by atoms with E-state index in [1.807, 2.05) is 12.5 Å². The molecular weight excluding hydrogens is 288 g/mol. The lowest BCUT2D eigenvalue weighted by atomic mass is 10.2. The summed E-state index contributed by atoms with van der Waals surface area (Å²) in [6, 6.07) is 5.84. The summed E-state index contributed by atoms with van der Waals surface area (Å²) in [5, 5.41) is 0.911. The first-order valence-electron chi connectivity index (χ1n) is 6.88. The number of halogens is 1. The van der Waals surface area contributed by atoms with Crippen molar-refractivity contribution in [1.29, 1.82) is 0 Å². The lowest BCUT2D eigenvalue weighted by molar-refractivity contribution is 0.642. The molecule has 0 spiro atoms. The molecule has 0 aliphatic heterocycles. The van der Waals surface area contributed by atoms with Gasteiger partial charge in [0.05, 0.1) is 40.8 Å². The molecule has 21 heavy (non-hydrogen) atoms. The summed E-state index contributed by atoms with van der Waals surface area (Å²) >= 11 is 6.14.